The number of thiol groups is 1. The number of carboxylic acid groups (broad SMARTS) is 2. The maximum atomic E-state index is 10.5. The maximum absolute atomic E-state index is 10.5. The monoisotopic (exact) mass is 276 g/mol. The van der Waals surface area contributed by atoms with Crippen molar-refractivity contribution in [1.29, 1.82) is 0 Å². The molecule has 0 aromatic rings. The smallest absolute Gasteiger partial charge is 0.328 e. The first-order valence-corrected chi connectivity index (χ1v) is 6.50. The van der Waals surface area contributed by atoms with E-state index in [1.165, 1.54) is 10.3 Å². The van der Waals surface area contributed by atoms with Gasteiger partial charge in [0.25, 0.3) is 0 Å². The third-order valence-corrected chi connectivity index (χ3v) is 2.19. The summed E-state index contributed by atoms with van der Waals surface area (Å²) in [4.78, 5) is 21.4. The summed E-state index contributed by atoms with van der Waals surface area (Å²) in [5.41, 5.74) is 0. The summed E-state index contributed by atoms with van der Waals surface area (Å²) in [5.74, 6) is -0.968. The van der Waals surface area contributed by atoms with Crippen LogP contribution in [0.4, 0.5) is 4.79 Å². The van der Waals surface area contributed by atoms with Gasteiger partial charge in [0.05, 0.1) is 0 Å². The summed E-state index contributed by atoms with van der Waals surface area (Å²) in [6.07, 6.45) is 3.82. The molecule has 0 radical (unpaired) electrons. The van der Waals surface area contributed by atoms with Crippen LogP contribution in [0.15, 0.2) is 11.5 Å². The molecule has 0 aromatic heterocycles. The summed E-state index contributed by atoms with van der Waals surface area (Å²) in [7, 11) is 0. The summed E-state index contributed by atoms with van der Waals surface area (Å²) >= 11 is 3.50. The Labute approximate surface area is 114 Å². The number of rotatable bonds is 7. The zero-order valence-electron chi connectivity index (χ0n) is 11.0. The van der Waals surface area contributed by atoms with Gasteiger partial charge >= 0.3 is 5.97 Å². The third-order valence-electron chi connectivity index (χ3n) is 2.04. The zero-order valence-corrected chi connectivity index (χ0v) is 11.9. The number of carbonyl (C=O) groups is 2. The van der Waals surface area contributed by atoms with Gasteiger partial charge in [0.15, 0.2) is 0 Å². The van der Waals surface area contributed by atoms with Gasteiger partial charge in [-0.3, -0.25) is 0 Å². The molecule has 0 heterocycles. The van der Waals surface area contributed by atoms with Crippen LogP contribution in [-0.2, 0) is 4.79 Å². The predicted molar refractivity (Wildman–Crippen MR) is 72.5 cm³/mol. The molecule has 0 aliphatic carbocycles. The molecule has 106 valence electrons. The normalized spacial score (nSPS) is 9.72. The van der Waals surface area contributed by atoms with Crippen LogP contribution in [0, 0.1) is 0 Å². The van der Waals surface area contributed by atoms with E-state index in [2.05, 4.69) is 12.6 Å². The molecule has 0 aromatic carbocycles. The number of hydrogen-bond donors (Lipinski definition) is 2. The molecule has 0 atom stereocenters. The molecule has 0 fully saturated rings. The lowest BCUT2D eigenvalue weighted by Crippen LogP contribution is -2.42. The number of unbranched alkanes of at least 4 members (excludes halogenated alkanes) is 2. The van der Waals surface area contributed by atoms with Crippen molar-refractivity contribution in [3.63, 3.8) is 0 Å². The minimum Gasteiger partial charge on any atom is -0.530 e. The van der Waals surface area contributed by atoms with Gasteiger partial charge < -0.3 is 19.9 Å². The highest BCUT2D eigenvalue weighted by Gasteiger charge is 2.01. The van der Waals surface area contributed by atoms with E-state index < -0.39 is 12.1 Å². The molecule has 0 unspecified atom stereocenters. The van der Waals surface area contributed by atoms with Gasteiger partial charge in [0, 0.05) is 19.2 Å². The lowest BCUT2D eigenvalue weighted by molar-refractivity contribution is -0.265. The van der Waals surface area contributed by atoms with Gasteiger partial charge in [-0.1, -0.05) is 26.7 Å². The van der Waals surface area contributed by atoms with Crippen molar-refractivity contribution >= 4 is 24.7 Å². The highest BCUT2D eigenvalue weighted by Crippen LogP contribution is 1.97. The van der Waals surface area contributed by atoms with Crippen LogP contribution in [0.5, 0.6) is 0 Å². The number of nitrogens with zero attached hydrogens (tertiary/aromatic N) is 1. The molecule has 0 spiro atoms. The molecule has 1 amide bonds. The molecule has 0 rings (SSSR count). The first-order chi connectivity index (χ1) is 8.49. The third kappa shape index (κ3) is 14.8. The molecule has 5 nitrogen and oxygen atoms in total. The molecular weight excluding hydrogens is 254 g/mol. The Morgan fingerprint density at radius 1 is 1.22 bits per heavy atom. The second kappa shape index (κ2) is 13.9. The minimum absolute atomic E-state index is 0.624. The molecule has 0 aliphatic heterocycles. The second-order valence-corrected chi connectivity index (χ2v) is 3.91. The van der Waals surface area contributed by atoms with Crippen molar-refractivity contribution < 1.29 is 19.8 Å². The predicted octanol–water partition coefficient (Wildman–Crippen LogP) is 1.75. The van der Waals surface area contributed by atoms with Gasteiger partial charge in [-0.25, -0.2) is 4.79 Å². The summed E-state index contributed by atoms with van der Waals surface area (Å²) in [6, 6.07) is 0. The fourth-order valence-corrected chi connectivity index (χ4v) is 1.18. The Morgan fingerprint density at radius 3 is 1.83 bits per heavy atom. The number of carbonyl (C=O) groups excluding carboxylic acids is 1. The van der Waals surface area contributed by atoms with Crippen molar-refractivity contribution in [1.82, 2.24) is 4.90 Å². The average molecular weight is 276 g/mol. The summed E-state index contributed by atoms with van der Waals surface area (Å²) in [5, 5.41) is 19.5. The van der Waals surface area contributed by atoms with Crippen LogP contribution in [0.1, 0.15) is 39.5 Å². The van der Waals surface area contributed by atoms with Gasteiger partial charge in [0.2, 0.25) is 0 Å². The van der Waals surface area contributed by atoms with Crippen LogP contribution in [0.25, 0.3) is 0 Å². The van der Waals surface area contributed by atoms with E-state index in [1.54, 1.807) is 0 Å². The SMILES string of the molecule is CCCCN(CCCC)C(=O)[O-].O=C(O)/C=C/S. The van der Waals surface area contributed by atoms with Crippen molar-refractivity contribution in [2.75, 3.05) is 13.1 Å². The van der Waals surface area contributed by atoms with Crippen molar-refractivity contribution in [2.45, 2.75) is 39.5 Å². The zero-order chi connectivity index (χ0) is 14.4. The van der Waals surface area contributed by atoms with Crippen LogP contribution in [0.3, 0.4) is 0 Å². The van der Waals surface area contributed by atoms with Crippen LogP contribution in [0.2, 0.25) is 0 Å². The van der Waals surface area contributed by atoms with E-state index in [0.29, 0.717) is 13.1 Å². The lowest BCUT2D eigenvalue weighted by atomic mass is 10.3. The maximum Gasteiger partial charge on any atom is 0.328 e. The molecule has 6 heteroatoms. The van der Waals surface area contributed by atoms with Crippen LogP contribution >= 0.6 is 12.6 Å². The summed E-state index contributed by atoms with van der Waals surface area (Å²) < 4.78 is 0. The van der Waals surface area contributed by atoms with E-state index in [-0.39, 0.29) is 0 Å². The fourth-order valence-electron chi connectivity index (χ4n) is 1.06. The Balaban J connectivity index is 0. The number of aliphatic carboxylic acids is 1. The molecule has 0 saturated heterocycles. The van der Waals surface area contributed by atoms with Gasteiger partial charge in [-0.2, -0.15) is 12.6 Å². The second-order valence-electron chi connectivity index (χ2n) is 3.61. The first-order valence-electron chi connectivity index (χ1n) is 5.99. The minimum atomic E-state index is -1.03. The highest BCUT2D eigenvalue weighted by molar-refractivity contribution is 7.83. The van der Waals surface area contributed by atoms with Gasteiger partial charge in [-0.15, -0.1) is 0 Å². The van der Waals surface area contributed by atoms with E-state index >= 15 is 0 Å². The molecule has 1 N–H and O–H groups in total. The Morgan fingerprint density at radius 2 is 1.67 bits per heavy atom. The fraction of sp³-hybridized carbons (Fsp3) is 0.667. The first kappa shape index (κ1) is 19.2. The van der Waals surface area contributed by atoms with Gasteiger partial charge in [-0.05, 0) is 18.2 Å². The Kier molecular flexibility index (Phi) is 14.8. The van der Waals surface area contributed by atoms with E-state index in [4.69, 9.17) is 5.11 Å². The van der Waals surface area contributed by atoms with Crippen molar-refractivity contribution in [3.05, 3.63) is 11.5 Å². The standard InChI is InChI=1S/C9H19NO2.C3H4O2S/c1-3-5-7-10(9(11)12)8-6-4-2;4-3(5)1-2-6/h3-8H2,1-2H3,(H,11,12);1-2,6H,(H,4,5)/p-1/b;2-1+. The quantitative estimate of drug-likeness (QED) is 0.548. The van der Waals surface area contributed by atoms with Gasteiger partial charge in [0.1, 0.15) is 6.09 Å². The molecule has 0 bridgehead atoms. The highest BCUT2D eigenvalue weighted by atomic mass is 32.1. The number of carboxylic acids is 1. The number of hydrogen-bond acceptors (Lipinski definition) is 4. The number of amides is 1. The van der Waals surface area contributed by atoms with Crippen molar-refractivity contribution in [2.24, 2.45) is 0 Å². The van der Waals surface area contributed by atoms with E-state index in [9.17, 15) is 14.7 Å². The molecule has 0 aliphatic rings. The molecule has 0 saturated carbocycles. The van der Waals surface area contributed by atoms with Crippen LogP contribution < -0.4 is 5.11 Å². The molecular formula is C12H22NO4S-. The molecule has 18 heavy (non-hydrogen) atoms. The Bertz CT molecular complexity index is 248. The summed E-state index contributed by atoms with van der Waals surface area (Å²) in [6.45, 7) is 5.35. The van der Waals surface area contributed by atoms with Crippen LogP contribution in [-0.4, -0.2) is 35.2 Å². The van der Waals surface area contributed by atoms with E-state index in [0.717, 1.165) is 31.8 Å². The van der Waals surface area contributed by atoms with Crippen molar-refractivity contribution in [3.8, 4) is 0 Å². The topological polar surface area (TPSA) is 80.7 Å². The Hall–Kier alpha value is -1.17. The lowest BCUT2D eigenvalue weighted by Gasteiger charge is -2.24. The average Bonchev–Trinajstić information content (AvgIpc) is 2.29. The largest absolute Gasteiger partial charge is 0.530 e. The van der Waals surface area contributed by atoms with E-state index in [1.807, 2.05) is 13.8 Å².